The van der Waals surface area contributed by atoms with E-state index in [1.807, 2.05) is 51.1 Å². The third kappa shape index (κ3) is 6.17. The predicted molar refractivity (Wildman–Crippen MR) is 112 cm³/mol. The zero-order valence-electron chi connectivity index (χ0n) is 18.2. The molecule has 0 radical (unpaired) electrons. The van der Waals surface area contributed by atoms with Crippen LogP contribution >= 0.6 is 0 Å². The molecule has 1 aromatic carbocycles. The van der Waals surface area contributed by atoms with Gasteiger partial charge in [-0.1, -0.05) is 30.3 Å². The summed E-state index contributed by atoms with van der Waals surface area (Å²) >= 11 is 0. The van der Waals surface area contributed by atoms with Gasteiger partial charge in [0.25, 0.3) is 0 Å². The second-order valence-electron chi connectivity index (χ2n) is 9.20. The largest absolute Gasteiger partial charge is 0.460 e. The molecule has 0 spiro atoms. The number of ether oxygens (including phenoxy) is 2. The van der Waals surface area contributed by atoms with Crippen LogP contribution < -0.4 is 0 Å². The summed E-state index contributed by atoms with van der Waals surface area (Å²) < 4.78 is 25.7. The van der Waals surface area contributed by atoms with Crippen LogP contribution in [0.15, 0.2) is 30.3 Å². The first-order chi connectivity index (χ1) is 14.2. The fourth-order valence-corrected chi connectivity index (χ4v) is 4.13. The van der Waals surface area contributed by atoms with Crippen LogP contribution in [0.25, 0.3) is 0 Å². The molecule has 2 saturated heterocycles. The molecule has 7 heteroatoms. The molecule has 1 amide bonds. The van der Waals surface area contributed by atoms with Crippen molar-refractivity contribution >= 4 is 12.1 Å². The Labute approximate surface area is 178 Å². The van der Waals surface area contributed by atoms with Crippen molar-refractivity contribution in [1.29, 1.82) is 0 Å². The number of carbonyl (C=O) groups is 2. The molecule has 0 N–H and O–H groups in total. The molecule has 2 aliphatic heterocycles. The van der Waals surface area contributed by atoms with Crippen LogP contribution in [-0.4, -0.2) is 65.9 Å². The monoisotopic (exact) mass is 420 g/mol. The van der Waals surface area contributed by atoms with Crippen molar-refractivity contribution in [2.24, 2.45) is 5.92 Å². The van der Waals surface area contributed by atoms with E-state index in [9.17, 15) is 14.0 Å². The van der Waals surface area contributed by atoms with Gasteiger partial charge in [-0.25, -0.2) is 9.18 Å². The molecule has 2 unspecified atom stereocenters. The number of benzene rings is 1. The summed E-state index contributed by atoms with van der Waals surface area (Å²) in [5.41, 5.74) is 0.422. The molecular weight excluding hydrogens is 387 g/mol. The first-order valence-electron chi connectivity index (χ1n) is 10.8. The minimum absolute atomic E-state index is 0.0459. The lowest BCUT2D eigenvalue weighted by Crippen LogP contribution is -2.55. The molecule has 2 fully saturated rings. The lowest BCUT2D eigenvalue weighted by atomic mass is 9.92. The van der Waals surface area contributed by atoms with Gasteiger partial charge in [0.15, 0.2) is 0 Å². The predicted octanol–water partition coefficient (Wildman–Crippen LogP) is 3.79. The number of amides is 1. The van der Waals surface area contributed by atoms with Crippen molar-refractivity contribution in [1.82, 2.24) is 9.80 Å². The molecule has 0 saturated carbocycles. The van der Waals surface area contributed by atoms with Crippen LogP contribution in [0.2, 0.25) is 0 Å². The number of hydrogen-bond acceptors (Lipinski definition) is 5. The SMILES string of the molecule is CC(C)(C)OC(=O)C1CCN(C2CCN(C(=O)OCc3ccccc3)CC2F)CC1. The quantitative estimate of drug-likeness (QED) is 0.694. The molecule has 0 aromatic heterocycles. The Morgan fingerprint density at radius 1 is 1.07 bits per heavy atom. The highest BCUT2D eigenvalue weighted by Gasteiger charge is 2.38. The average Bonchev–Trinajstić information content (AvgIpc) is 2.71. The fourth-order valence-electron chi connectivity index (χ4n) is 4.13. The van der Waals surface area contributed by atoms with Gasteiger partial charge in [-0.15, -0.1) is 0 Å². The van der Waals surface area contributed by atoms with Crippen molar-refractivity contribution in [3.05, 3.63) is 35.9 Å². The maximum atomic E-state index is 14.9. The number of hydrogen-bond donors (Lipinski definition) is 0. The van der Waals surface area contributed by atoms with Crippen LogP contribution in [0, 0.1) is 5.92 Å². The Kier molecular flexibility index (Phi) is 7.34. The van der Waals surface area contributed by atoms with Crippen molar-refractivity contribution < 1.29 is 23.5 Å². The second kappa shape index (κ2) is 9.77. The van der Waals surface area contributed by atoms with Gasteiger partial charge in [-0.2, -0.15) is 0 Å². The summed E-state index contributed by atoms with van der Waals surface area (Å²) in [5, 5.41) is 0. The smallest absolute Gasteiger partial charge is 0.410 e. The van der Waals surface area contributed by atoms with Gasteiger partial charge >= 0.3 is 12.1 Å². The molecular formula is C23H33FN2O4. The number of carbonyl (C=O) groups excluding carboxylic acids is 2. The Bertz CT molecular complexity index is 714. The van der Waals surface area contributed by atoms with Crippen molar-refractivity contribution in [2.75, 3.05) is 26.2 Å². The van der Waals surface area contributed by atoms with E-state index in [2.05, 4.69) is 4.90 Å². The maximum absolute atomic E-state index is 14.9. The lowest BCUT2D eigenvalue weighted by molar-refractivity contribution is -0.162. The number of piperidine rings is 2. The fraction of sp³-hybridized carbons (Fsp3) is 0.652. The van der Waals surface area contributed by atoms with Gasteiger partial charge in [0.1, 0.15) is 18.4 Å². The normalized spacial score (nSPS) is 23.8. The Hall–Kier alpha value is -2.15. The minimum atomic E-state index is -1.12. The first-order valence-corrected chi connectivity index (χ1v) is 10.8. The van der Waals surface area contributed by atoms with E-state index in [1.165, 1.54) is 4.90 Å². The lowest BCUT2D eigenvalue weighted by Gasteiger charge is -2.43. The number of halogens is 1. The molecule has 6 nitrogen and oxygen atoms in total. The highest BCUT2D eigenvalue weighted by molar-refractivity contribution is 5.73. The summed E-state index contributed by atoms with van der Waals surface area (Å²) in [6.07, 6.45) is 0.338. The molecule has 2 atom stereocenters. The molecule has 0 bridgehead atoms. The van der Waals surface area contributed by atoms with E-state index in [0.29, 0.717) is 38.9 Å². The zero-order valence-corrected chi connectivity index (χ0v) is 18.2. The maximum Gasteiger partial charge on any atom is 0.410 e. The summed E-state index contributed by atoms with van der Waals surface area (Å²) in [6.45, 7) is 7.66. The highest BCUT2D eigenvalue weighted by atomic mass is 19.1. The third-order valence-corrected chi connectivity index (χ3v) is 5.71. The number of alkyl halides is 1. The first kappa shape index (κ1) is 22.5. The topological polar surface area (TPSA) is 59.1 Å². The molecule has 0 aliphatic carbocycles. The number of nitrogens with zero attached hydrogens (tertiary/aromatic N) is 2. The van der Waals surface area contributed by atoms with E-state index in [4.69, 9.17) is 9.47 Å². The van der Waals surface area contributed by atoms with Crippen molar-refractivity contribution in [2.45, 2.75) is 64.5 Å². The third-order valence-electron chi connectivity index (χ3n) is 5.71. The van der Waals surface area contributed by atoms with E-state index >= 15 is 0 Å². The van der Waals surface area contributed by atoms with Gasteiger partial charge in [0.05, 0.1) is 12.5 Å². The van der Waals surface area contributed by atoms with Crippen LogP contribution in [0.3, 0.4) is 0 Å². The summed E-state index contributed by atoms with van der Waals surface area (Å²) in [7, 11) is 0. The van der Waals surface area contributed by atoms with Gasteiger partial charge in [0.2, 0.25) is 0 Å². The van der Waals surface area contributed by atoms with Crippen molar-refractivity contribution in [3.8, 4) is 0 Å². The van der Waals surface area contributed by atoms with Crippen molar-refractivity contribution in [3.63, 3.8) is 0 Å². The molecule has 166 valence electrons. The van der Waals surface area contributed by atoms with E-state index in [1.54, 1.807) is 0 Å². The Balaban J connectivity index is 1.43. The second-order valence-corrected chi connectivity index (χ2v) is 9.20. The number of likely N-dealkylation sites (tertiary alicyclic amines) is 2. The summed E-state index contributed by atoms with van der Waals surface area (Å²) in [5.74, 6) is -0.276. The minimum Gasteiger partial charge on any atom is -0.460 e. The average molecular weight is 421 g/mol. The number of rotatable bonds is 4. The van der Waals surface area contributed by atoms with Crippen LogP contribution in [-0.2, 0) is 20.9 Å². The summed E-state index contributed by atoms with van der Waals surface area (Å²) in [4.78, 5) is 28.2. The molecule has 30 heavy (non-hydrogen) atoms. The van der Waals surface area contributed by atoms with Crippen LogP contribution in [0.5, 0.6) is 0 Å². The van der Waals surface area contributed by atoms with Gasteiger partial charge in [-0.05, 0) is 58.7 Å². The van der Waals surface area contributed by atoms with Gasteiger partial charge in [-0.3, -0.25) is 9.69 Å². The number of esters is 1. The highest BCUT2D eigenvalue weighted by Crippen LogP contribution is 2.27. The standard InChI is InChI=1S/C23H33FN2O4/c1-23(2,3)30-21(27)18-9-12-25(13-10-18)20-11-14-26(15-19(20)24)22(28)29-16-17-7-5-4-6-8-17/h4-8,18-20H,9-16H2,1-3H3. The van der Waals surface area contributed by atoms with Crippen LogP contribution in [0.4, 0.5) is 9.18 Å². The molecule has 1 aromatic rings. The molecule has 3 rings (SSSR count). The zero-order chi connectivity index (χ0) is 21.7. The molecule has 2 aliphatic rings. The van der Waals surface area contributed by atoms with E-state index in [-0.39, 0.29) is 31.1 Å². The van der Waals surface area contributed by atoms with Gasteiger partial charge < -0.3 is 14.4 Å². The van der Waals surface area contributed by atoms with E-state index in [0.717, 1.165) is 5.56 Å². The van der Waals surface area contributed by atoms with E-state index < -0.39 is 17.9 Å². The van der Waals surface area contributed by atoms with Crippen LogP contribution in [0.1, 0.15) is 45.6 Å². The Morgan fingerprint density at radius 3 is 2.33 bits per heavy atom. The summed E-state index contributed by atoms with van der Waals surface area (Å²) in [6, 6.07) is 9.23. The Morgan fingerprint density at radius 2 is 1.73 bits per heavy atom. The molecule has 2 heterocycles. The van der Waals surface area contributed by atoms with Gasteiger partial charge in [0, 0.05) is 12.6 Å².